The number of carbonyl (C=O) groups is 4. The molecule has 0 aromatic rings. The van der Waals surface area contributed by atoms with Gasteiger partial charge in [-0.15, -0.1) is 0 Å². The van der Waals surface area contributed by atoms with E-state index in [1.807, 2.05) is 0 Å². The van der Waals surface area contributed by atoms with Crippen LogP contribution >= 0.6 is 0 Å². The molecule has 6 aliphatic rings. The zero-order valence-electron chi connectivity index (χ0n) is 33.5. The van der Waals surface area contributed by atoms with Gasteiger partial charge in [0.15, 0.2) is 5.78 Å². The first kappa shape index (κ1) is 38.5. The molecule has 0 unspecified atom stereocenters. The first-order valence-electron chi connectivity index (χ1n) is 20.7. The topological polar surface area (TPSA) is 110 Å². The normalized spacial score (nSPS) is 39.5. The number of ether oxygens (including phenoxy) is 1. The standard InChI is InChI=1S/C44H69NO6/c1-27(2)35-30(46)25-44(23-24-45-37(48)28-13-11-10-12-14-28)22-21-42(8)29(36(35)44)15-16-32-41(7)19-18-33(51-34(47)26-39(3,4)38(49)50)40(5,6)31(41)17-20-43(32,42)9/h27-29,31-33H,10-26H2,1-9H3,(H,45,48)(H,49,50)/t29-,31+,32-,33+,41+,42-,43-,44-/m1/s1. The van der Waals surface area contributed by atoms with E-state index in [4.69, 9.17) is 4.74 Å². The fourth-order valence-electron chi connectivity index (χ4n) is 13.8. The van der Waals surface area contributed by atoms with Crippen LogP contribution in [-0.4, -0.2) is 41.4 Å². The van der Waals surface area contributed by atoms with Crippen molar-refractivity contribution in [2.75, 3.05) is 6.54 Å². The molecule has 0 aromatic heterocycles. The number of carboxylic acid groups (broad SMARTS) is 1. The van der Waals surface area contributed by atoms with Crippen molar-refractivity contribution in [2.45, 2.75) is 171 Å². The SMILES string of the molecule is CC(C)C1=C2[C@H]3CC[C@@H]4[C@@]5(C)CC[C@H](OC(=O)CC(C)(C)C(=O)O)C(C)(C)[C@@H]5CC[C@@]4(C)[C@]3(C)CC[C@@]2(CCNC(=O)C2CCCCC2)CC1=O. The second kappa shape index (κ2) is 13.3. The molecular formula is C44H69NO6. The van der Waals surface area contributed by atoms with Crippen LogP contribution in [0.2, 0.25) is 0 Å². The molecule has 0 bridgehead atoms. The Labute approximate surface area is 308 Å². The van der Waals surface area contributed by atoms with Crippen molar-refractivity contribution in [3.63, 3.8) is 0 Å². The molecule has 6 aliphatic carbocycles. The van der Waals surface area contributed by atoms with Crippen LogP contribution in [0.15, 0.2) is 11.1 Å². The Kier molecular flexibility index (Phi) is 10.0. The summed E-state index contributed by atoms with van der Waals surface area (Å²) in [6.07, 6.45) is 15.1. The average molecular weight is 708 g/mol. The molecule has 0 saturated heterocycles. The van der Waals surface area contributed by atoms with Gasteiger partial charge in [0.05, 0.1) is 11.8 Å². The molecule has 6 rings (SSSR count). The summed E-state index contributed by atoms with van der Waals surface area (Å²) in [6.45, 7) is 20.6. The molecule has 0 aliphatic heterocycles. The first-order chi connectivity index (χ1) is 23.7. The molecule has 0 spiro atoms. The van der Waals surface area contributed by atoms with E-state index < -0.39 is 17.4 Å². The van der Waals surface area contributed by atoms with E-state index in [1.165, 1.54) is 12.0 Å². The summed E-state index contributed by atoms with van der Waals surface area (Å²) < 4.78 is 6.17. The highest BCUT2D eigenvalue weighted by atomic mass is 16.5. The number of esters is 1. The number of allylic oxidation sites excluding steroid dienone is 2. The number of nitrogens with one attached hydrogen (secondary N) is 1. The van der Waals surface area contributed by atoms with Crippen LogP contribution in [0.25, 0.3) is 0 Å². The number of Topliss-reactive ketones (excluding diaryl/α,β-unsaturated/α-hetero) is 1. The van der Waals surface area contributed by atoms with Gasteiger partial charge >= 0.3 is 11.9 Å². The van der Waals surface area contributed by atoms with Gasteiger partial charge in [-0.3, -0.25) is 19.2 Å². The van der Waals surface area contributed by atoms with Crippen LogP contribution in [0.1, 0.15) is 165 Å². The summed E-state index contributed by atoms with van der Waals surface area (Å²) in [4.78, 5) is 52.0. The van der Waals surface area contributed by atoms with E-state index in [0.717, 1.165) is 89.0 Å². The Bertz CT molecular complexity index is 1450. The van der Waals surface area contributed by atoms with Crippen molar-refractivity contribution >= 4 is 23.6 Å². The van der Waals surface area contributed by atoms with Crippen LogP contribution in [0.5, 0.6) is 0 Å². The van der Waals surface area contributed by atoms with Crippen molar-refractivity contribution in [2.24, 2.45) is 62.1 Å². The molecule has 51 heavy (non-hydrogen) atoms. The average Bonchev–Trinajstić information content (AvgIpc) is 3.35. The van der Waals surface area contributed by atoms with E-state index >= 15 is 0 Å². The molecule has 0 heterocycles. The number of hydrogen-bond acceptors (Lipinski definition) is 5. The Hall–Kier alpha value is -2.18. The third kappa shape index (κ3) is 6.15. The van der Waals surface area contributed by atoms with Gasteiger partial charge in [0.1, 0.15) is 6.10 Å². The van der Waals surface area contributed by atoms with Gasteiger partial charge in [0, 0.05) is 29.7 Å². The van der Waals surface area contributed by atoms with Crippen molar-refractivity contribution in [3.05, 3.63) is 11.1 Å². The monoisotopic (exact) mass is 708 g/mol. The highest BCUT2D eigenvalue weighted by Crippen LogP contribution is 2.77. The number of fused-ring (bicyclic) bond motifs is 7. The van der Waals surface area contributed by atoms with Crippen LogP contribution in [0, 0.1) is 62.1 Å². The fourth-order valence-corrected chi connectivity index (χ4v) is 13.8. The van der Waals surface area contributed by atoms with Gasteiger partial charge in [-0.1, -0.05) is 73.3 Å². The summed E-state index contributed by atoms with van der Waals surface area (Å²) in [7, 11) is 0. The molecule has 0 aromatic carbocycles. The minimum atomic E-state index is -1.15. The van der Waals surface area contributed by atoms with Crippen molar-refractivity contribution < 1.29 is 29.0 Å². The van der Waals surface area contributed by atoms with Gasteiger partial charge in [0.2, 0.25) is 5.91 Å². The van der Waals surface area contributed by atoms with E-state index in [9.17, 15) is 24.3 Å². The Morgan fingerprint density at radius 3 is 2.20 bits per heavy atom. The van der Waals surface area contributed by atoms with Crippen molar-refractivity contribution in [1.29, 1.82) is 0 Å². The lowest BCUT2D eigenvalue weighted by atomic mass is 9.33. The number of carbonyl (C=O) groups excluding carboxylic acids is 3. The molecule has 8 atom stereocenters. The van der Waals surface area contributed by atoms with Gasteiger partial charge in [-0.25, -0.2) is 0 Å². The van der Waals surface area contributed by atoms with E-state index in [0.29, 0.717) is 36.5 Å². The molecule has 0 radical (unpaired) electrons. The molecular weight excluding hydrogens is 638 g/mol. The van der Waals surface area contributed by atoms with Crippen LogP contribution in [0.4, 0.5) is 0 Å². The molecule has 7 heteroatoms. The van der Waals surface area contributed by atoms with Crippen LogP contribution in [0.3, 0.4) is 0 Å². The zero-order chi connectivity index (χ0) is 37.4. The number of carboxylic acids is 1. The third-order valence-electron chi connectivity index (χ3n) is 16.8. The predicted molar refractivity (Wildman–Crippen MR) is 200 cm³/mol. The highest BCUT2D eigenvalue weighted by molar-refractivity contribution is 6.00. The minimum absolute atomic E-state index is 0.0781. The second-order valence-corrected chi connectivity index (χ2v) is 20.6. The summed E-state index contributed by atoms with van der Waals surface area (Å²) >= 11 is 0. The number of rotatable bonds is 9. The van der Waals surface area contributed by atoms with Crippen molar-refractivity contribution in [3.8, 4) is 0 Å². The Morgan fingerprint density at radius 1 is 0.863 bits per heavy atom. The zero-order valence-corrected chi connectivity index (χ0v) is 33.5. The van der Waals surface area contributed by atoms with Crippen LogP contribution < -0.4 is 5.32 Å². The lowest BCUT2D eigenvalue weighted by Crippen LogP contribution is -2.65. The van der Waals surface area contributed by atoms with Crippen LogP contribution in [-0.2, 0) is 23.9 Å². The lowest BCUT2D eigenvalue weighted by Gasteiger charge is -2.72. The van der Waals surface area contributed by atoms with Gasteiger partial charge < -0.3 is 15.2 Å². The number of aliphatic carboxylic acids is 1. The molecule has 7 nitrogen and oxygen atoms in total. The Balaban J connectivity index is 1.24. The Morgan fingerprint density at radius 2 is 1.55 bits per heavy atom. The van der Waals surface area contributed by atoms with E-state index in [2.05, 4.69) is 53.8 Å². The first-order valence-corrected chi connectivity index (χ1v) is 20.7. The maximum atomic E-state index is 14.0. The number of hydrogen-bond donors (Lipinski definition) is 2. The maximum absolute atomic E-state index is 14.0. The predicted octanol–water partition coefficient (Wildman–Crippen LogP) is 9.47. The summed E-state index contributed by atoms with van der Waals surface area (Å²) in [5.74, 6) is 0.862. The second-order valence-electron chi connectivity index (χ2n) is 20.6. The largest absolute Gasteiger partial charge is 0.481 e. The van der Waals surface area contributed by atoms with E-state index in [-0.39, 0.29) is 57.3 Å². The molecule has 5 saturated carbocycles. The molecule has 1 amide bonds. The van der Waals surface area contributed by atoms with E-state index in [1.54, 1.807) is 13.8 Å². The highest BCUT2D eigenvalue weighted by Gasteiger charge is 2.70. The summed E-state index contributed by atoms with van der Waals surface area (Å²) in [5.41, 5.74) is 1.39. The van der Waals surface area contributed by atoms with Crippen molar-refractivity contribution in [1.82, 2.24) is 5.32 Å². The summed E-state index contributed by atoms with van der Waals surface area (Å²) in [6, 6.07) is 0. The molecule has 5 fully saturated rings. The molecule has 2 N–H and O–H groups in total. The quantitative estimate of drug-likeness (QED) is 0.231. The van der Waals surface area contributed by atoms with Gasteiger partial charge in [0.25, 0.3) is 0 Å². The van der Waals surface area contributed by atoms with Gasteiger partial charge in [-0.2, -0.15) is 0 Å². The third-order valence-corrected chi connectivity index (χ3v) is 16.8. The molecule has 286 valence electrons. The fraction of sp³-hybridized carbons (Fsp3) is 0.864. The number of amides is 1. The maximum Gasteiger partial charge on any atom is 0.309 e. The lowest BCUT2D eigenvalue weighted by molar-refractivity contribution is -0.233. The van der Waals surface area contributed by atoms with Gasteiger partial charge in [-0.05, 0) is 130 Å². The smallest absolute Gasteiger partial charge is 0.309 e. The minimum Gasteiger partial charge on any atom is -0.481 e. The summed E-state index contributed by atoms with van der Waals surface area (Å²) in [5, 5.41) is 12.9. The number of ketones is 1.